The Morgan fingerprint density at radius 2 is 1.70 bits per heavy atom. The van der Waals surface area contributed by atoms with E-state index in [1.807, 2.05) is 13.8 Å². The highest BCUT2D eigenvalue weighted by molar-refractivity contribution is 7.89. The highest BCUT2D eigenvalue weighted by atomic mass is 35.5. The molecule has 6 nitrogen and oxygen atoms in total. The predicted molar refractivity (Wildman–Crippen MR) is 93.7 cm³/mol. The molecule has 1 rings (SSSR count). The summed E-state index contributed by atoms with van der Waals surface area (Å²) < 4.78 is 37.4. The van der Waals surface area contributed by atoms with E-state index in [2.05, 4.69) is 4.72 Å². The van der Waals surface area contributed by atoms with Crippen molar-refractivity contribution in [2.24, 2.45) is 5.73 Å². The predicted octanol–water partition coefficient (Wildman–Crippen LogP) is 1.93. The number of hydrogen-bond donors (Lipinski definition) is 2. The van der Waals surface area contributed by atoms with Crippen LogP contribution in [0.15, 0.2) is 29.2 Å². The van der Waals surface area contributed by atoms with Crippen LogP contribution in [0.2, 0.25) is 0 Å². The lowest BCUT2D eigenvalue weighted by atomic mass is 9.95. The maximum Gasteiger partial charge on any atom is 0.240 e. The third kappa shape index (κ3) is 7.05. The van der Waals surface area contributed by atoms with E-state index in [-0.39, 0.29) is 23.8 Å². The lowest BCUT2D eigenvalue weighted by molar-refractivity contribution is 0.146. The SMILES string of the molecule is CCC(N)(CC)CNS(=O)(=O)c1ccc(OCCOC)cc1.Cl. The van der Waals surface area contributed by atoms with Crippen molar-refractivity contribution in [1.29, 1.82) is 0 Å². The van der Waals surface area contributed by atoms with Gasteiger partial charge in [0.25, 0.3) is 0 Å². The summed E-state index contributed by atoms with van der Waals surface area (Å²) in [6.45, 7) is 5.01. The molecule has 1 aromatic rings. The Kier molecular flexibility index (Phi) is 9.72. The van der Waals surface area contributed by atoms with Gasteiger partial charge in [0.05, 0.1) is 11.5 Å². The maximum absolute atomic E-state index is 12.3. The Balaban J connectivity index is 0.00000484. The fraction of sp³-hybridized carbons (Fsp3) is 0.600. The van der Waals surface area contributed by atoms with Crippen molar-refractivity contribution in [3.05, 3.63) is 24.3 Å². The standard InChI is InChI=1S/C15H26N2O4S.ClH/c1-4-15(16,5-2)12-17-22(18,19)14-8-6-13(7-9-14)21-11-10-20-3;/h6-9,17H,4-5,10-12,16H2,1-3H3;1H. The van der Waals surface area contributed by atoms with E-state index in [9.17, 15) is 8.42 Å². The smallest absolute Gasteiger partial charge is 0.240 e. The van der Waals surface area contributed by atoms with Crippen molar-refractivity contribution >= 4 is 22.4 Å². The maximum atomic E-state index is 12.3. The molecule has 0 spiro atoms. The Bertz CT molecular complexity index is 545. The molecule has 0 aliphatic heterocycles. The molecule has 0 amide bonds. The molecular formula is C15H27ClN2O4S. The van der Waals surface area contributed by atoms with Gasteiger partial charge in [-0.3, -0.25) is 0 Å². The van der Waals surface area contributed by atoms with Gasteiger partial charge in [-0.15, -0.1) is 12.4 Å². The number of ether oxygens (including phenoxy) is 2. The first kappa shape index (κ1) is 22.1. The zero-order chi connectivity index (χ0) is 16.6. The molecule has 23 heavy (non-hydrogen) atoms. The van der Waals surface area contributed by atoms with Crippen LogP contribution in [0.25, 0.3) is 0 Å². The van der Waals surface area contributed by atoms with Crippen LogP contribution in [0, 0.1) is 0 Å². The van der Waals surface area contributed by atoms with Crippen molar-refractivity contribution in [2.45, 2.75) is 37.1 Å². The molecule has 0 saturated heterocycles. The molecule has 0 aliphatic carbocycles. The fourth-order valence-corrected chi connectivity index (χ4v) is 2.92. The van der Waals surface area contributed by atoms with Gasteiger partial charge in [-0.25, -0.2) is 13.1 Å². The van der Waals surface area contributed by atoms with Gasteiger partial charge in [0.2, 0.25) is 10.0 Å². The van der Waals surface area contributed by atoms with Crippen LogP contribution >= 0.6 is 12.4 Å². The lowest BCUT2D eigenvalue weighted by Crippen LogP contribution is -2.49. The van der Waals surface area contributed by atoms with E-state index >= 15 is 0 Å². The first-order chi connectivity index (χ1) is 10.4. The van der Waals surface area contributed by atoms with Crippen molar-refractivity contribution in [1.82, 2.24) is 4.72 Å². The van der Waals surface area contributed by atoms with Gasteiger partial charge in [-0.2, -0.15) is 0 Å². The first-order valence-electron chi connectivity index (χ1n) is 7.37. The molecular weight excluding hydrogens is 340 g/mol. The Labute approximate surface area is 145 Å². The van der Waals surface area contributed by atoms with Gasteiger partial charge in [0.1, 0.15) is 12.4 Å². The number of nitrogens with one attached hydrogen (secondary N) is 1. The van der Waals surface area contributed by atoms with Gasteiger partial charge in [-0.05, 0) is 37.1 Å². The van der Waals surface area contributed by atoms with Crippen molar-refractivity contribution in [3.8, 4) is 5.75 Å². The van der Waals surface area contributed by atoms with E-state index < -0.39 is 15.6 Å². The summed E-state index contributed by atoms with van der Waals surface area (Å²) in [6.07, 6.45) is 1.41. The van der Waals surface area contributed by atoms with Gasteiger partial charge >= 0.3 is 0 Å². The van der Waals surface area contributed by atoms with Gasteiger partial charge < -0.3 is 15.2 Å². The largest absolute Gasteiger partial charge is 0.491 e. The Hall–Kier alpha value is -0.860. The van der Waals surface area contributed by atoms with E-state index in [0.29, 0.717) is 31.8 Å². The highest BCUT2D eigenvalue weighted by Gasteiger charge is 2.23. The molecule has 3 N–H and O–H groups in total. The van der Waals surface area contributed by atoms with Gasteiger partial charge in [-0.1, -0.05) is 13.8 Å². The van der Waals surface area contributed by atoms with E-state index in [0.717, 1.165) is 0 Å². The summed E-state index contributed by atoms with van der Waals surface area (Å²) in [5, 5.41) is 0. The minimum absolute atomic E-state index is 0. The number of hydrogen-bond acceptors (Lipinski definition) is 5. The molecule has 0 aromatic heterocycles. The molecule has 0 atom stereocenters. The zero-order valence-corrected chi connectivity index (χ0v) is 15.5. The average molecular weight is 367 g/mol. The zero-order valence-electron chi connectivity index (χ0n) is 13.9. The minimum Gasteiger partial charge on any atom is -0.491 e. The molecule has 0 aliphatic rings. The van der Waals surface area contributed by atoms with E-state index in [1.54, 1.807) is 19.2 Å². The molecule has 0 saturated carbocycles. The van der Waals surface area contributed by atoms with Gasteiger partial charge in [0.15, 0.2) is 0 Å². The van der Waals surface area contributed by atoms with Crippen LogP contribution in [-0.4, -0.2) is 40.8 Å². The Morgan fingerprint density at radius 1 is 1.13 bits per heavy atom. The van der Waals surface area contributed by atoms with Crippen molar-refractivity contribution in [3.63, 3.8) is 0 Å². The first-order valence-corrected chi connectivity index (χ1v) is 8.85. The minimum atomic E-state index is -3.57. The summed E-state index contributed by atoms with van der Waals surface area (Å²) in [5.74, 6) is 0.603. The van der Waals surface area contributed by atoms with Crippen molar-refractivity contribution < 1.29 is 17.9 Å². The Morgan fingerprint density at radius 3 is 2.17 bits per heavy atom. The molecule has 0 unspecified atom stereocenters. The molecule has 0 fully saturated rings. The second kappa shape index (κ2) is 10.1. The normalized spacial score (nSPS) is 11.8. The monoisotopic (exact) mass is 366 g/mol. The number of sulfonamides is 1. The second-order valence-corrected chi connectivity index (χ2v) is 6.97. The average Bonchev–Trinajstić information content (AvgIpc) is 2.53. The van der Waals surface area contributed by atoms with Crippen LogP contribution in [0.3, 0.4) is 0 Å². The third-order valence-electron chi connectivity index (χ3n) is 3.71. The number of nitrogens with two attached hydrogens (primary N) is 1. The molecule has 0 heterocycles. The van der Waals surface area contributed by atoms with Gasteiger partial charge in [0, 0.05) is 19.2 Å². The second-order valence-electron chi connectivity index (χ2n) is 5.21. The quantitative estimate of drug-likeness (QED) is 0.617. The summed E-state index contributed by atoms with van der Waals surface area (Å²) in [5.41, 5.74) is 5.60. The molecule has 8 heteroatoms. The molecule has 0 bridgehead atoms. The third-order valence-corrected chi connectivity index (χ3v) is 5.13. The van der Waals surface area contributed by atoms with E-state index in [1.165, 1.54) is 12.1 Å². The van der Waals surface area contributed by atoms with Crippen LogP contribution in [0.4, 0.5) is 0 Å². The van der Waals surface area contributed by atoms with Crippen LogP contribution in [0.1, 0.15) is 26.7 Å². The summed E-state index contributed by atoms with van der Waals surface area (Å²) in [6, 6.07) is 6.28. The van der Waals surface area contributed by atoms with Crippen LogP contribution < -0.4 is 15.2 Å². The summed E-state index contributed by atoms with van der Waals surface area (Å²) in [7, 11) is -1.97. The number of methoxy groups -OCH3 is 1. The highest BCUT2D eigenvalue weighted by Crippen LogP contribution is 2.17. The van der Waals surface area contributed by atoms with Crippen LogP contribution in [0.5, 0.6) is 5.75 Å². The number of benzene rings is 1. The molecule has 1 aromatic carbocycles. The molecule has 0 radical (unpaired) electrons. The number of rotatable bonds is 10. The van der Waals surface area contributed by atoms with E-state index in [4.69, 9.17) is 15.2 Å². The van der Waals surface area contributed by atoms with Crippen LogP contribution in [-0.2, 0) is 14.8 Å². The van der Waals surface area contributed by atoms with Crippen molar-refractivity contribution in [2.75, 3.05) is 26.9 Å². The topological polar surface area (TPSA) is 90.7 Å². The fourth-order valence-electron chi connectivity index (χ4n) is 1.78. The lowest BCUT2D eigenvalue weighted by Gasteiger charge is -2.26. The summed E-state index contributed by atoms with van der Waals surface area (Å²) >= 11 is 0. The molecule has 134 valence electrons. The number of halogens is 1. The summed E-state index contributed by atoms with van der Waals surface area (Å²) in [4.78, 5) is 0.196.